The molecular weight excluding hydrogens is 348 g/mol. The lowest BCUT2D eigenvalue weighted by atomic mass is 10.2. The molecule has 0 unspecified atom stereocenters. The number of nitrogens with zero attached hydrogens (tertiary/aromatic N) is 1. The predicted octanol–water partition coefficient (Wildman–Crippen LogP) is 2.19. The number of benzene rings is 2. The van der Waals surface area contributed by atoms with E-state index in [1.54, 1.807) is 60.5 Å². The van der Waals surface area contributed by atoms with Gasteiger partial charge in [0, 0.05) is 30.4 Å². The molecule has 2 amide bonds. The molecule has 1 aliphatic heterocycles. The summed E-state index contributed by atoms with van der Waals surface area (Å²) in [5.41, 5.74) is 1.22. The fourth-order valence-electron chi connectivity index (χ4n) is 2.69. The Labute approximate surface area is 157 Å². The minimum Gasteiger partial charge on any atom is -0.497 e. The van der Waals surface area contributed by atoms with Crippen LogP contribution in [-0.2, 0) is 9.53 Å². The summed E-state index contributed by atoms with van der Waals surface area (Å²) in [6.07, 6.45) is 0. The van der Waals surface area contributed by atoms with E-state index in [1.165, 1.54) is 0 Å². The number of nitrogens with one attached hydrogen (secondary N) is 1. The Kier molecular flexibility index (Phi) is 6.27. The summed E-state index contributed by atoms with van der Waals surface area (Å²) in [5, 5.41) is 2.74. The van der Waals surface area contributed by atoms with E-state index in [0.29, 0.717) is 49.1 Å². The smallest absolute Gasteiger partial charge is 0.262 e. The average Bonchev–Trinajstić information content (AvgIpc) is 2.73. The zero-order chi connectivity index (χ0) is 19.1. The highest BCUT2D eigenvalue weighted by molar-refractivity contribution is 5.94. The molecule has 0 atom stereocenters. The fourth-order valence-corrected chi connectivity index (χ4v) is 2.69. The second-order valence-corrected chi connectivity index (χ2v) is 6.00. The van der Waals surface area contributed by atoms with Crippen molar-refractivity contribution in [3.8, 4) is 11.5 Å². The maximum absolute atomic E-state index is 12.4. The van der Waals surface area contributed by atoms with Gasteiger partial charge in [0.15, 0.2) is 6.61 Å². The lowest BCUT2D eigenvalue weighted by Crippen LogP contribution is -2.40. The zero-order valence-electron chi connectivity index (χ0n) is 15.1. The molecule has 0 bridgehead atoms. The summed E-state index contributed by atoms with van der Waals surface area (Å²) in [6.45, 7) is 2.20. The topological polar surface area (TPSA) is 77.1 Å². The van der Waals surface area contributed by atoms with Crippen LogP contribution in [0, 0.1) is 0 Å². The van der Waals surface area contributed by atoms with E-state index >= 15 is 0 Å². The van der Waals surface area contributed by atoms with Crippen LogP contribution in [0.2, 0.25) is 0 Å². The maximum Gasteiger partial charge on any atom is 0.262 e. The number of methoxy groups -OCH3 is 1. The third-order valence-corrected chi connectivity index (χ3v) is 4.12. The molecule has 1 N–H and O–H groups in total. The number of hydrogen-bond acceptors (Lipinski definition) is 5. The van der Waals surface area contributed by atoms with Crippen molar-refractivity contribution >= 4 is 17.5 Å². The van der Waals surface area contributed by atoms with Gasteiger partial charge in [0.1, 0.15) is 11.5 Å². The first-order valence-corrected chi connectivity index (χ1v) is 8.69. The second-order valence-electron chi connectivity index (χ2n) is 6.00. The second kappa shape index (κ2) is 9.05. The van der Waals surface area contributed by atoms with Crippen molar-refractivity contribution in [2.45, 2.75) is 0 Å². The number of hydrogen-bond donors (Lipinski definition) is 1. The minimum absolute atomic E-state index is 0.0272. The van der Waals surface area contributed by atoms with Gasteiger partial charge in [-0.1, -0.05) is 6.07 Å². The summed E-state index contributed by atoms with van der Waals surface area (Å²) < 4.78 is 15.9. The van der Waals surface area contributed by atoms with Crippen LogP contribution in [-0.4, -0.2) is 56.7 Å². The van der Waals surface area contributed by atoms with E-state index in [1.807, 2.05) is 0 Å². The van der Waals surface area contributed by atoms with Crippen LogP contribution in [0.1, 0.15) is 10.4 Å². The number of anilines is 1. The van der Waals surface area contributed by atoms with Crippen LogP contribution in [0.25, 0.3) is 0 Å². The molecule has 1 fully saturated rings. The molecule has 27 heavy (non-hydrogen) atoms. The van der Waals surface area contributed by atoms with Gasteiger partial charge in [-0.2, -0.15) is 0 Å². The number of carbonyl (C=O) groups excluding carboxylic acids is 2. The molecule has 7 heteroatoms. The van der Waals surface area contributed by atoms with Gasteiger partial charge in [-0.15, -0.1) is 0 Å². The largest absolute Gasteiger partial charge is 0.497 e. The monoisotopic (exact) mass is 370 g/mol. The molecule has 0 saturated carbocycles. The van der Waals surface area contributed by atoms with Crippen molar-refractivity contribution < 1.29 is 23.8 Å². The van der Waals surface area contributed by atoms with E-state index < -0.39 is 0 Å². The van der Waals surface area contributed by atoms with Crippen molar-refractivity contribution in [1.29, 1.82) is 0 Å². The Balaban J connectivity index is 1.50. The molecule has 7 nitrogen and oxygen atoms in total. The number of amides is 2. The number of rotatable bonds is 6. The highest BCUT2D eigenvalue weighted by Gasteiger charge is 2.18. The predicted molar refractivity (Wildman–Crippen MR) is 100 cm³/mol. The fraction of sp³-hybridized carbons (Fsp3) is 0.300. The molecule has 1 heterocycles. The highest BCUT2D eigenvalue weighted by Crippen LogP contribution is 2.17. The van der Waals surface area contributed by atoms with E-state index in [2.05, 4.69) is 5.32 Å². The molecule has 0 aliphatic carbocycles. The number of ether oxygens (including phenoxy) is 3. The van der Waals surface area contributed by atoms with Crippen LogP contribution in [0.15, 0.2) is 48.5 Å². The normalized spacial score (nSPS) is 13.7. The summed E-state index contributed by atoms with van der Waals surface area (Å²) in [7, 11) is 1.57. The van der Waals surface area contributed by atoms with Gasteiger partial charge >= 0.3 is 0 Å². The molecule has 3 rings (SSSR count). The van der Waals surface area contributed by atoms with Crippen LogP contribution in [0.3, 0.4) is 0 Å². The summed E-state index contributed by atoms with van der Waals surface area (Å²) in [5.74, 6) is 0.876. The maximum atomic E-state index is 12.4. The third kappa shape index (κ3) is 5.21. The number of morpholine rings is 1. The van der Waals surface area contributed by atoms with E-state index in [-0.39, 0.29) is 18.4 Å². The van der Waals surface area contributed by atoms with E-state index in [9.17, 15) is 9.59 Å². The summed E-state index contributed by atoms with van der Waals surface area (Å²) >= 11 is 0. The first-order valence-electron chi connectivity index (χ1n) is 8.69. The first-order chi connectivity index (χ1) is 13.2. The quantitative estimate of drug-likeness (QED) is 0.843. The van der Waals surface area contributed by atoms with Crippen LogP contribution < -0.4 is 14.8 Å². The Morgan fingerprint density at radius 2 is 1.81 bits per heavy atom. The average molecular weight is 370 g/mol. The lowest BCUT2D eigenvalue weighted by molar-refractivity contribution is -0.118. The van der Waals surface area contributed by atoms with Gasteiger partial charge < -0.3 is 24.4 Å². The molecule has 0 aromatic heterocycles. The molecule has 1 saturated heterocycles. The van der Waals surface area contributed by atoms with Gasteiger partial charge in [0.2, 0.25) is 0 Å². The molecule has 2 aromatic rings. The van der Waals surface area contributed by atoms with Crippen molar-refractivity contribution in [3.05, 3.63) is 54.1 Å². The minimum atomic E-state index is -0.281. The Morgan fingerprint density at radius 1 is 1.07 bits per heavy atom. The van der Waals surface area contributed by atoms with E-state index in [0.717, 1.165) is 0 Å². The van der Waals surface area contributed by atoms with E-state index in [4.69, 9.17) is 14.2 Å². The molecule has 142 valence electrons. The molecule has 2 aromatic carbocycles. The highest BCUT2D eigenvalue weighted by atomic mass is 16.5. The third-order valence-electron chi connectivity index (χ3n) is 4.12. The first kappa shape index (κ1) is 18.7. The summed E-state index contributed by atoms with van der Waals surface area (Å²) in [4.78, 5) is 26.2. The Bertz CT molecular complexity index is 785. The van der Waals surface area contributed by atoms with Gasteiger partial charge in [0.25, 0.3) is 11.8 Å². The molecule has 1 aliphatic rings. The van der Waals surface area contributed by atoms with Crippen molar-refractivity contribution in [2.24, 2.45) is 0 Å². The standard InChI is InChI=1S/C20H22N2O5/c1-25-18-4-2-3-16(13-18)21-19(23)14-27-17-7-5-15(6-8-17)20(24)22-9-11-26-12-10-22/h2-8,13H,9-12,14H2,1H3,(H,21,23). The molecule has 0 radical (unpaired) electrons. The van der Waals surface area contributed by atoms with Gasteiger partial charge in [-0.25, -0.2) is 0 Å². The van der Waals surface area contributed by atoms with Crippen molar-refractivity contribution in [3.63, 3.8) is 0 Å². The summed E-state index contributed by atoms with van der Waals surface area (Å²) in [6, 6.07) is 13.9. The SMILES string of the molecule is COc1cccc(NC(=O)COc2ccc(C(=O)N3CCOCC3)cc2)c1. The Morgan fingerprint density at radius 3 is 2.52 bits per heavy atom. The van der Waals surface area contributed by atoms with Gasteiger partial charge in [0.05, 0.1) is 20.3 Å². The van der Waals surface area contributed by atoms with Crippen molar-refractivity contribution in [1.82, 2.24) is 4.90 Å². The molecule has 0 spiro atoms. The Hall–Kier alpha value is -3.06. The van der Waals surface area contributed by atoms with Gasteiger partial charge in [-0.05, 0) is 36.4 Å². The van der Waals surface area contributed by atoms with Crippen molar-refractivity contribution in [2.75, 3.05) is 45.3 Å². The van der Waals surface area contributed by atoms with Crippen LogP contribution in [0.5, 0.6) is 11.5 Å². The van der Waals surface area contributed by atoms with Crippen LogP contribution in [0.4, 0.5) is 5.69 Å². The van der Waals surface area contributed by atoms with Gasteiger partial charge in [-0.3, -0.25) is 9.59 Å². The zero-order valence-corrected chi connectivity index (χ0v) is 15.1. The lowest BCUT2D eigenvalue weighted by Gasteiger charge is -2.26. The molecular formula is C20H22N2O5. The number of carbonyl (C=O) groups is 2. The van der Waals surface area contributed by atoms with Crippen LogP contribution >= 0.6 is 0 Å².